The molecule has 8 heteroatoms. The van der Waals surface area contributed by atoms with Crippen LogP contribution in [0.1, 0.15) is 29.0 Å². The lowest BCUT2D eigenvalue weighted by molar-refractivity contribution is 0.0932. The molecular weight excluding hydrogens is 308 g/mol. The van der Waals surface area contributed by atoms with Crippen molar-refractivity contribution in [2.75, 3.05) is 6.54 Å². The van der Waals surface area contributed by atoms with Gasteiger partial charge in [0, 0.05) is 6.54 Å². The summed E-state index contributed by atoms with van der Waals surface area (Å²) in [4.78, 5) is 24.8. The molecule has 2 N–H and O–H groups in total. The Hall–Kier alpha value is -2.51. The van der Waals surface area contributed by atoms with Crippen molar-refractivity contribution in [3.63, 3.8) is 0 Å². The molecule has 1 heterocycles. The summed E-state index contributed by atoms with van der Waals surface area (Å²) in [5, 5.41) is 5.94. The normalized spacial score (nSPS) is 15.4. The maximum absolute atomic E-state index is 13.8. The first-order valence-corrected chi connectivity index (χ1v) is 7.31. The molecule has 2 aromatic rings. The van der Waals surface area contributed by atoms with Crippen molar-refractivity contribution in [2.45, 2.75) is 19.3 Å². The molecule has 1 saturated carbocycles. The van der Waals surface area contributed by atoms with Crippen LogP contribution in [0.2, 0.25) is 0 Å². The fraction of sp³-hybridized carbons (Fsp3) is 0.400. The van der Waals surface area contributed by atoms with Gasteiger partial charge in [-0.15, -0.1) is 0 Å². The van der Waals surface area contributed by atoms with E-state index in [4.69, 9.17) is 0 Å². The van der Waals surface area contributed by atoms with Crippen molar-refractivity contribution in [1.82, 2.24) is 15.5 Å². The van der Waals surface area contributed by atoms with Crippen LogP contribution < -0.4 is 11.1 Å². The van der Waals surface area contributed by atoms with E-state index >= 15 is 0 Å². The molecule has 1 atom stereocenters. The molecule has 1 unspecified atom stereocenters. The van der Waals surface area contributed by atoms with Gasteiger partial charge in [-0.2, -0.15) is 0 Å². The zero-order valence-electron chi connectivity index (χ0n) is 12.1. The van der Waals surface area contributed by atoms with Gasteiger partial charge in [-0.05, 0) is 60.0 Å². The zero-order chi connectivity index (χ0) is 16.4. The van der Waals surface area contributed by atoms with Crippen molar-refractivity contribution in [3.8, 4) is 0 Å². The zero-order valence-corrected chi connectivity index (χ0v) is 12.1. The van der Waals surface area contributed by atoms with Crippen LogP contribution in [0.15, 0.2) is 27.5 Å². The van der Waals surface area contributed by atoms with Gasteiger partial charge < -0.3 is 5.32 Å². The van der Waals surface area contributed by atoms with Crippen molar-refractivity contribution in [3.05, 3.63) is 51.8 Å². The number of aromatic amines is 1. The molecule has 6 nitrogen and oxygen atoms in total. The summed E-state index contributed by atoms with van der Waals surface area (Å²) in [6.45, 7) is 0.286. The average molecular weight is 323 g/mol. The minimum Gasteiger partial charge on any atom is -0.349 e. The third-order valence-corrected chi connectivity index (χ3v) is 3.96. The molecule has 1 fully saturated rings. The van der Waals surface area contributed by atoms with Crippen LogP contribution in [-0.4, -0.2) is 22.6 Å². The number of halogens is 2. The summed E-state index contributed by atoms with van der Waals surface area (Å²) < 4.78 is 31.3. The molecule has 1 amide bonds. The first-order chi connectivity index (χ1) is 11.0. The van der Waals surface area contributed by atoms with Gasteiger partial charge in [0.1, 0.15) is 11.6 Å². The lowest BCUT2D eigenvalue weighted by Gasteiger charge is -2.17. The summed E-state index contributed by atoms with van der Waals surface area (Å²) in [5.74, 6) is -2.16. The number of nitrogens with zero attached hydrogens (tertiary/aromatic N) is 1. The third kappa shape index (κ3) is 3.82. The number of hydrogen-bond acceptors (Lipinski definition) is 4. The van der Waals surface area contributed by atoms with Gasteiger partial charge in [-0.3, -0.25) is 14.3 Å². The molecule has 0 aliphatic heterocycles. The summed E-state index contributed by atoms with van der Waals surface area (Å²) in [6, 6.07) is 3.36. The Morgan fingerprint density at radius 1 is 1.43 bits per heavy atom. The van der Waals surface area contributed by atoms with E-state index in [-0.39, 0.29) is 18.3 Å². The Bertz CT molecular complexity index is 767. The van der Waals surface area contributed by atoms with Crippen molar-refractivity contribution >= 4 is 5.91 Å². The van der Waals surface area contributed by atoms with E-state index in [0.717, 1.165) is 25.0 Å². The Morgan fingerprint density at radius 3 is 2.87 bits per heavy atom. The summed E-state index contributed by atoms with van der Waals surface area (Å²) in [5.41, 5.74) is 0.297. The number of amides is 1. The van der Waals surface area contributed by atoms with E-state index < -0.39 is 23.3 Å². The molecule has 0 saturated heterocycles. The predicted octanol–water partition coefficient (Wildman–Crippen LogP) is 1.64. The van der Waals surface area contributed by atoms with Crippen molar-refractivity contribution in [2.24, 2.45) is 11.8 Å². The molecule has 1 aromatic carbocycles. The van der Waals surface area contributed by atoms with Crippen LogP contribution >= 0.6 is 0 Å². The third-order valence-electron chi connectivity index (χ3n) is 3.96. The van der Waals surface area contributed by atoms with Crippen LogP contribution in [0, 0.1) is 23.5 Å². The number of carbonyl (C=O) groups excluding carboxylic acids is 1. The quantitative estimate of drug-likeness (QED) is 0.846. The predicted molar refractivity (Wildman–Crippen MR) is 75.7 cm³/mol. The fourth-order valence-corrected chi connectivity index (χ4v) is 2.59. The van der Waals surface area contributed by atoms with Crippen LogP contribution in [0.5, 0.6) is 0 Å². The Morgan fingerprint density at radius 2 is 2.22 bits per heavy atom. The molecule has 0 bridgehead atoms. The number of aromatic nitrogens is 2. The van der Waals surface area contributed by atoms with Gasteiger partial charge in [0.05, 0.1) is 0 Å². The highest BCUT2D eigenvalue weighted by atomic mass is 19.1. The second-order valence-corrected chi connectivity index (χ2v) is 5.69. The molecular formula is C15H15F2N3O3. The number of H-pyrrole nitrogens is 1. The van der Waals surface area contributed by atoms with E-state index in [0.29, 0.717) is 17.9 Å². The van der Waals surface area contributed by atoms with Gasteiger partial charge in [0.15, 0.2) is 0 Å². The Kier molecular flexibility index (Phi) is 4.22. The topological polar surface area (TPSA) is 88.0 Å². The van der Waals surface area contributed by atoms with Crippen LogP contribution in [-0.2, 0) is 6.42 Å². The number of carbonyl (C=O) groups is 1. The number of rotatable bonds is 6. The first kappa shape index (κ1) is 15.4. The molecule has 23 heavy (non-hydrogen) atoms. The molecule has 1 aliphatic rings. The van der Waals surface area contributed by atoms with E-state index in [1.54, 1.807) is 0 Å². The highest BCUT2D eigenvalue weighted by Gasteiger charge is 2.32. The van der Waals surface area contributed by atoms with Crippen LogP contribution in [0.3, 0.4) is 0 Å². The van der Waals surface area contributed by atoms with Crippen LogP contribution in [0.4, 0.5) is 8.78 Å². The van der Waals surface area contributed by atoms with Crippen molar-refractivity contribution < 1.29 is 18.1 Å². The Labute approximate surface area is 129 Å². The SMILES string of the molecule is O=C(NCC(Cc1cc(F)ccc1F)C1CC1)c1noc(=O)[nH]1. The fourth-order valence-electron chi connectivity index (χ4n) is 2.59. The number of nitrogens with one attached hydrogen (secondary N) is 2. The number of hydrogen-bond donors (Lipinski definition) is 2. The second-order valence-electron chi connectivity index (χ2n) is 5.69. The smallest absolute Gasteiger partial charge is 0.349 e. The minimum absolute atomic E-state index is 0.00567. The standard InChI is InChI=1S/C15H15F2N3O3/c16-11-3-4-12(17)9(6-11)5-10(8-1-2-8)7-18-14(21)13-19-15(22)23-20-13/h3-4,6,8,10H,1-2,5,7H2,(H,18,21)(H,19,20,22). The molecule has 1 aliphatic carbocycles. The highest BCUT2D eigenvalue weighted by Crippen LogP contribution is 2.38. The largest absolute Gasteiger partial charge is 0.439 e. The lowest BCUT2D eigenvalue weighted by Crippen LogP contribution is -2.32. The molecule has 122 valence electrons. The summed E-state index contributed by atoms with van der Waals surface area (Å²) >= 11 is 0. The monoisotopic (exact) mass is 323 g/mol. The molecule has 0 radical (unpaired) electrons. The van der Waals surface area contributed by atoms with Gasteiger partial charge in [0.25, 0.3) is 5.91 Å². The maximum Gasteiger partial charge on any atom is 0.439 e. The van der Waals surface area contributed by atoms with Gasteiger partial charge in [-0.1, -0.05) is 0 Å². The van der Waals surface area contributed by atoms with E-state index in [1.165, 1.54) is 6.07 Å². The van der Waals surface area contributed by atoms with E-state index in [1.807, 2.05) is 0 Å². The highest BCUT2D eigenvalue weighted by molar-refractivity contribution is 5.90. The first-order valence-electron chi connectivity index (χ1n) is 7.31. The number of benzene rings is 1. The molecule has 3 rings (SSSR count). The van der Waals surface area contributed by atoms with Gasteiger partial charge in [0.2, 0.25) is 5.82 Å². The second kappa shape index (κ2) is 6.31. The average Bonchev–Trinajstić information content (AvgIpc) is 3.27. The minimum atomic E-state index is -0.810. The van der Waals surface area contributed by atoms with Crippen LogP contribution in [0.25, 0.3) is 0 Å². The van der Waals surface area contributed by atoms with Crippen molar-refractivity contribution in [1.29, 1.82) is 0 Å². The Balaban J connectivity index is 1.64. The van der Waals surface area contributed by atoms with E-state index in [9.17, 15) is 18.4 Å². The van der Waals surface area contributed by atoms with Gasteiger partial charge >= 0.3 is 5.76 Å². The molecule has 1 aromatic heterocycles. The van der Waals surface area contributed by atoms with Gasteiger partial charge in [-0.25, -0.2) is 13.6 Å². The molecule has 0 spiro atoms. The summed E-state index contributed by atoms with van der Waals surface area (Å²) in [7, 11) is 0. The van der Waals surface area contributed by atoms with E-state index in [2.05, 4.69) is 20.0 Å². The lowest BCUT2D eigenvalue weighted by atomic mass is 9.94. The summed E-state index contributed by atoms with van der Waals surface area (Å²) in [6.07, 6.45) is 2.33. The maximum atomic E-state index is 13.8.